The second-order valence-electron chi connectivity index (χ2n) is 27.7. The number of carbonyl (C=O) groups is 13. The molecule has 34 nitrogen and oxygen atoms in total. The number of ether oxygens (including phenoxy) is 17. The molecule has 0 aliphatic carbocycles. The number of esters is 11. The van der Waals surface area contributed by atoms with E-state index >= 15 is 0 Å². The lowest BCUT2D eigenvalue weighted by atomic mass is 10.0. The Bertz CT molecular complexity index is 3060. The van der Waals surface area contributed by atoms with E-state index in [1.807, 2.05) is 6.92 Å². The molecule has 0 aromatic carbocycles. The van der Waals surface area contributed by atoms with Crippen LogP contribution in [-0.4, -0.2) is 265 Å². The average Bonchev–Trinajstić information content (AvgIpc) is 0.968. The van der Waals surface area contributed by atoms with E-state index in [-0.39, 0.29) is 87.0 Å². The van der Waals surface area contributed by atoms with Crippen LogP contribution in [0.5, 0.6) is 0 Å². The zero-order valence-electron chi connectivity index (χ0n) is 85.3. The molecule has 0 aromatic rings. The van der Waals surface area contributed by atoms with Gasteiger partial charge in [0.2, 0.25) is 0 Å². The van der Waals surface area contributed by atoms with Crippen molar-refractivity contribution in [2.24, 2.45) is 11.8 Å². The lowest BCUT2D eigenvalue weighted by Crippen LogP contribution is -2.14. The lowest BCUT2D eigenvalue weighted by molar-refractivity contribution is -0.141. The molecule has 0 fully saturated rings. The Kier molecular flexibility index (Phi) is 147. The second-order valence-corrected chi connectivity index (χ2v) is 27.7. The van der Waals surface area contributed by atoms with E-state index in [1.54, 1.807) is 48.8 Å². The highest BCUT2D eigenvalue weighted by atomic mass is 16.6. The van der Waals surface area contributed by atoms with Crippen molar-refractivity contribution >= 4 is 77.6 Å². The molecule has 0 radical (unpaired) electrons. The Morgan fingerprint density at radius 2 is 0.496 bits per heavy atom. The van der Waals surface area contributed by atoms with Gasteiger partial charge in [-0.15, -0.1) is 0 Å². The number of carboxylic acid groups (broad SMARTS) is 2. The van der Waals surface area contributed by atoms with Crippen LogP contribution in [-0.2, 0) is 143 Å². The maximum atomic E-state index is 11.1. The van der Waals surface area contributed by atoms with Gasteiger partial charge in [-0.1, -0.05) is 243 Å². The molecule has 0 rings (SSSR count). The van der Waals surface area contributed by atoms with Crippen LogP contribution in [0.1, 0.15) is 231 Å². The number of rotatable bonds is 64. The number of methoxy groups -OCH3 is 4. The summed E-state index contributed by atoms with van der Waals surface area (Å²) in [7, 11) is 5.88. The van der Waals surface area contributed by atoms with Gasteiger partial charge in [0.25, 0.3) is 0 Å². The molecule has 0 spiro atoms. The van der Waals surface area contributed by atoms with E-state index in [0.29, 0.717) is 139 Å². The highest BCUT2D eigenvalue weighted by Gasteiger charge is 2.12. The number of hydrogen-bond donors (Lipinski definition) is 4. The predicted molar refractivity (Wildman–Crippen MR) is 528 cm³/mol. The number of carboxylic acids is 2. The third kappa shape index (κ3) is 161. The average molecular weight is 1930 g/mol. The van der Waals surface area contributed by atoms with Gasteiger partial charge in [-0.25, -0.2) is 62.3 Å². The van der Waals surface area contributed by atoms with Gasteiger partial charge in [-0.05, 0) is 85.5 Å². The summed E-state index contributed by atoms with van der Waals surface area (Å²) >= 11 is 0. The molecule has 0 saturated carbocycles. The summed E-state index contributed by atoms with van der Waals surface area (Å²) < 4.78 is 81.4. The van der Waals surface area contributed by atoms with Gasteiger partial charge < -0.3 is 101 Å². The topological polar surface area (TPSA) is 460 Å². The summed E-state index contributed by atoms with van der Waals surface area (Å²) in [4.78, 5) is 135. The standard InChI is InChI=1S/C16H30O2.C12H22O2.C11H20O5.C11H20O2.C10H18O5.C8H14O2.C7H12O2.2C5H8O3.C5H8O2.2C4H6O2.C3H4O2/c1-4-5-6-7-8-9-10-11-12-13-14-18-16(17)15(2)3;1-5-7-8-11(6-2)9-14-12(13)10(3)4;1-10(2)11(12)16-9-8-15-7-6-14-5-4-13-3;1-4-7-8-10(5-2)9-13-11(12)6-3;1-3-10(11)15-9-8-14-7-6-13-5-4-12-2;1-4-5-6-10-8(9)7(2)3;1-3-5-6-9-7(8)4-2;2*1-2-5(7)8-4-3-6;1-4(2)5(6)7-3;1-3-4(5)6-2;1-3(2)4(5)6;1-2-3(4)5/h2,4-14H2,1,3H3;11H,3,5-9H2,1-2,4H3;1,4-9H2,2-3H3;6,10H,3-5,7-9H2,1-2H3;3H,1,4-9H2,2H3;2,4-6H2,1,3H3;4H,2-3,5-6H2,1H3;2*2,6H,1,3-4H2;1H2,2-3H3;3H,1H2,2H3;1H2,2H3,(H,5,6);2H,1H2,(H,4,5). The fourth-order valence-electron chi connectivity index (χ4n) is 7.23. The highest BCUT2D eigenvalue weighted by molar-refractivity contribution is 5.89. The Morgan fingerprint density at radius 1 is 0.259 bits per heavy atom. The molecule has 0 aliphatic rings. The Labute approximate surface area is 809 Å². The molecule has 135 heavy (non-hydrogen) atoms. The summed E-state index contributed by atoms with van der Waals surface area (Å²) in [6, 6.07) is 0. The first kappa shape index (κ1) is 153. The van der Waals surface area contributed by atoms with Crippen LogP contribution in [0.25, 0.3) is 0 Å². The van der Waals surface area contributed by atoms with Crippen molar-refractivity contribution in [1.29, 1.82) is 0 Å². The smallest absolute Gasteiger partial charge is 0.333 e. The monoisotopic (exact) mass is 1930 g/mol. The second kappa shape index (κ2) is 130. The minimum absolute atomic E-state index is 0.0465. The Balaban J connectivity index is -0.000000110. The molecular formula is C101H176O34. The van der Waals surface area contributed by atoms with E-state index in [1.165, 1.54) is 117 Å². The summed E-state index contributed by atoms with van der Waals surface area (Å²) in [6.45, 7) is 75.4. The number of hydrogen-bond acceptors (Lipinski definition) is 32. The fraction of sp³-hybridized carbons (Fsp3) is 0.614. The van der Waals surface area contributed by atoms with Gasteiger partial charge in [-0.3, -0.25) is 0 Å². The largest absolute Gasteiger partial charge is 0.478 e. The zero-order chi connectivity index (χ0) is 107. The molecule has 34 heteroatoms. The number of aliphatic carboxylic acids is 2. The molecule has 0 amide bonds. The first-order valence-electron chi connectivity index (χ1n) is 45.0. The van der Waals surface area contributed by atoms with Crippen LogP contribution in [0.2, 0.25) is 0 Å². The van der Waals surface area contributed by atoms with Crippen LogP contribution in [0, 0.1) is 11.8 Å². The maximum Gasteiger partial charge on any atom is 0.333 e. The SMILES string of the molecule is C=C(C)C(=O)O.C=C(C)C(=O)OC.C=C(C)C(=O)OCC(CC)CCCC.C=C(C)C(=O)OCCCC.C=C(C)C(=O)OCCCCCCCCCCCC.C=C(C)C(=O)OCCOCCOCCOC.C=CC(=O)O.C=CC(=O)OC.C=CC(=O)OCC(CC)CCCC.C=CC(=O)OCCCC.C=CC(=O)OCCO.C=CC(=O)OCCO.C=CC(=O)OCCOCCOCCOC. The Hall–Kier alpha value is -10.6. The van der Waals surface area contributed by atoms with E-state index in [2.05, 4.69) is 151 Å². The summed E-state index contributed by atoms with van der Waals surface area (Å²) in [5, 5.41) is 31.7. The van der Waals surface area contributed by atoms with E-state index in [0.717, 1.165) is 88.2 Å². The lowest BCUT2D eigenvalue weighted by Gasteiger charge is -2.14. The van der Waals surface area contributed by atoms with Crippen LogP contribution < -0.4 is 0 Å². The molecule has 0 heterocycles. The van der Waals surface area contributed by atoms with Crippen molar-refractivity contribution in [3.63, 3.8) is 0 Å². The molecule has 2 unspecified atom stereocenters. The third-order valence-electron chi connectivity index (χ3n) is 15.1. The maximum absolute atomic E-state index is 11.1. The van der Waals surface area contributed by atoms with Crippen molar-refractivity contribution < 1.29 is 163 Å². The van der Waals surface area contributed by atoms with Crippen LogP contribution >= 0.6 is 0 Å². The first-order chi connectivity index (χ1) is 64.0. The van der Waals surface area contributed by atoms with Crippen molar-refractivity contribution in [3.05, 3.63) is 161 Å². The van der Waals surface area contributed by atoms with Crippen LogP contribution in [0.15, 0.2) is 161 Å². The minimum Gasteiger partial charge on any atom is -0.478 e. The fourth-order valence-corrected chi connectivity index (χ4v) is 7.23. The molecule has 0 aliphatic heterocycles. The van der Waals surface area contributed by atoms with Gasteiger partial charge in [0.05, 0.1) is 127 Å². The third-order valence-corrected chi connectivity index (χ3v) is 15.1. The quantitative estimate of drug-likeness (QED) is 0.0190. The van der Waals surface area contributed by atoms with E-state index in [4.69, 9.17) is 77.3 Å². The van der Waals surface area contributed by atoms with Crippen LogP contribution in [0.4, 0.5) is 0 Å². The van der Waals surface area contributed by atoms with E-state index < -0.39 is 35.8 Å². The first-order valence-corrected chi connectivity index (χ1v) is 45.0. The van der Waals surface area contributed by atoms with Crippen molar-refractivity contribution in [1.82, 2.24) is 0 Å². The van der Waals surface area contributed by atoms with Crippen LogP contribution in [0.3, 0.4) is 0 Å². The Morgan fingerprint density at radius 3 is 0.741 bits per heavy atom. The zero-order valence-corrected chi connectivity index (χ0v) is 85.3. The summed E-state index contributed by atoms with van der Waals surface area (Å²) in [6.07, 6.45) is 33.7. The number of carbonyl (C=O) groups excluding carboxylic acids is 11. The van der Waals surface area contributed by atoms with Gasteiger partial charge >= 0.3 is 77.6 Å². The molecule has 0 aromatic heterocycles. The van der Waals surface area contributed by atoms with Gasteiger partial charge in [0.1, 0.15) is 26.4 Å². The molecule has 0 bridgehead atoms. The van der Waals surface area contributed by atoms with Gasteiger partial charge in [-0.2, -0.15) is 0 Å². The minimum atomic E-state index is -0.981. The van der Waals surface area contributed by atoms with Gasteiger partial charge in [0, 0.05) is 90.2 Å². The molecule has 4 N–H and O–H groups in total. The molecule has 784 valence electrons. The molecule has 2 atom stereocenters. The van der Waals surface area contributed by atoms with Crippen molar-refractivity contribution in [2.75, 3.05) is 167 Å². The highest BCUT2D eigenvalue weighted by Crippen LogP contribution is 2.15. The summed E-state index contributed by atoms with van der Waals surface area (Å²) in [5.41, 5.74) is 2.44. The van der Waals surface area contributed by atoms with Gasteiger partial charge in [0.15, 0.2) is 0 Å². The summed E-state index contributed by atoms with van der Waals surface area (Å²) in [5.74, 6) is -4.90. The normalized spacial score (nSPS) is 9.59. The number of unbranched alkanes of at least 4 members (excludes halogenated alkanes) is 13. The van der Waals surface area contributed by atoms with E-state index in [9.17, 15) is 62.3 Å². The number of aliphatic hydroxyl groups excluding tert-OH is 2. The van der Waals surface area contributed by atoms with Crippen molar-refractivity contribution in [2.45, 2.75) is 231 Å². The predicted octanol–water partition coefficient (Wildman–Crippen LogP) is 17.3. The molecular weight excluding hydrogens is 1760 g/mol. The number of aliphatic hydroxyl groups is 2. The van der Waals surface area contributed by atoms with Crippen molar-refractivity contribution in [3.8, 4) is 0 Å². The molecule has 0 saturated heterocycles.